The standard InChI is InChI=1S/C31H43BF2N2/c1-13-25-18(3)28-27(22-15-23(30(7,8)9)17-24(16-22)31(10,11)12)29-19(4)26(14-2)21(6)36(29)32(33,34)35(28)20(25)5/h15-17H,13-14H2,1-12H3. The first-order chi connectivity index (χ1) is 16.5. The smallest absolute Gasteiger partial charge is 0.393 e. The van der Waals surface area contributed by atoms with Crippen molar-refractivity contribution in [2.24, 2.45) is 0 Å². The summed E-state index contributed by atoms with van der Waals surface area (Å²) in [6.45, 7) is 21.3. The average molecular weight is 493 g/mol. The Hall–Kier alpha value is -2.43. The van der Waals surface area contributed by atoms with Gasteiger partial charge in [-0.1, -0.05) is 73.6 Å². The molecule has 0 aliphatic carbocycles. The number of hydrogen-bond donors (Lipinski definition) is 0. The van der Waals surface area contributed by atoms with E-state index in [9.17, 15) is 0 Å². The summed E-state index contributed by atoms with van der Waals surface area (Å²) in [5.74, 6) is 0. The van der Waals surface area contributed by atoms with Crippen LogP contribution in [0.5, 0.6) is 0 Å². The summed E-state index contributed by atoms with van der Waals surface area (Å²) in [5, 5.41) is 0. The van der Waals surface area contributed by atoms with Gasteiger partial charge in [0.05, 0.1) is 5.57 Å². The van der Waals surface area contributed by atoms with Gasteiger partial charge in [0.2, 0.25) is 0 Å². The monoisotopic (exact) mass is 492 g/mol. The Morgan fingerprint density at radius 2 is 1.36 bits per heavy atom. The van der Waals surface area contributed by atoms with E-state index in [1.807, 2.05) is 27.7 Å². The Bertz CT molecular complexity index is 1340. The lowest BCUT2D eigenvalue weighted by molar-refractivity contribution is -0.363. The van der Waals surface area contributed by atoms with Gasteiger partial charge in [0, 0.05) is 23.8 Å². The third-order valence-corrected chi connectivity index (χ3v) is 8.45. The van der Waals surface area contributed by atoms with E-state index in [0.29, 0.717) is 22.8 Å². The first kappa shape index (κ1) is 26.6. The number of nitrogens with zero attached hydrogens (tertiary/aromatic N) is 2. The van der Waals surface area contributed by atoms with Crippen LogP contribution in [0.2, 0.25) is 0 Å². The molecule has 36 heavy (non-hydrogen) atoms. The molecule has 0 saturated heterocycles. The number of benzene rings is 1. The highest BCUT2D eigenvalue weighted by atomic mass is 19.2. The van der Waals surface area contributed by atoms with Crippen LogP contribution in [0.3, 0.4) is 0 Å². The quantitative estimate of drug-likeness (QED) is 0.380. The fraction of sp³-hybridized carbons (Fsp3) is 0.516. The van der Waals surface area contributed by atoms with Crippen LogP contribution < -0.4 is 0 Å². The number of rotatable bonds is 3. The maximum absolute atomic E-state index is 16.6. The van der Waals surface area contributed by atoms with Crippen molar-refractivity contribution >= 4 is 18.3 Å². The molecule has 2 aliphatic rings. The summed E-state index contributed by atoms with van der Waals surface area (Å²) in [7, 11) is 0. The number of fused-ring (bicyclic) bond motifs is 2. The number of hydrogen-bond acceptors (Lipinski definition) is 0. The Morgan fingerprint density at radius 1 is 0.833 bits per heavy atom. The fourth-order valence-electron chi connectivity index (χ4n) is 6.39. The Balaban J connectivity index is 2.26. The van der Waals surface area contributed by atoms with Crippen molar-refractivity contribution in [3.63, 3.8) is 0 Å². The molecule has 0 saturated carbocycles. The predicted octanol–water partition coefficient (Wildman–Crippen LogP) is 8.47. The lowest BCUT2D eigenvalue weighted by Crippen LogP contribution is -2.51. The van der Waals surface area contributed by atoms with Gasteiger partial charge < -0.3 is 17.6 Å². The maximum Gasteiger partial charge on any atom is 0.737 e. The van der Waals surface area contributed by atoms with Crippen LogP contribution in [0.25, 0.3) is 5.57 Å². The molecule has 0 bridgehead atoms. The summed E-state index contributed by atoms with van der Waals surface area (Å²) in [6, 6.07) is 6.79. The second kappa shape index (κ2) is 8.29. The molecule has 3 heterocycles. The third kappa shape index (κ3) is 3.68. The van der Waals surface area contributed by atoms with E-state index >= 15 is 8.63 Å². The van der Waals surface area contributed by atoms with E-state index < -0.39 is 6.97 Å². The zero-order valence-corrected chi connectivity index (χ0v) is 24.4. The topological polar surface area (TPSA) is 7.94 Å². The second-order valence-electron chi connectivity index (χ2n) is 12.8. The number of halogens is 2. The van der Waals surface area contributed by atoms with Crippen molar-refractivity contribution in [2.75, 3.05) is 0 Å². The zero-order chi connectivity index (χ0) is 27.1. The van der Waals surface area contributed by atoms with Gasteiger partial charge in [-0.2, -0.15) is 0 Å². The number of allylic oxidation sites excluding steroid dienone is 2. The van der Waals surface area contributed by atoms with Gasteiger partial charge in [-0.05, 0) is 78.0 Å². The van der Waals surface area contributed by atoms with Gasteiger partial charge >= 0.3 is 6.97 Å². The van der Waals surface area contributed by atoms with Crippen molar-refractivity contribution in [1.29, 1.82) is 0 Å². The van der Waals surface area contributed by atoms with Crippen molar-refractivity contribution < 1.29 is 13.1 Å². The van der Waals surface area contributed by atoms with Crippen LogP contribution in [0.1, 0.15) is 115 Å². The molecule has 2 aromatic rings. The van der Waals surface area contributed by atoms with Gasteiger partial charge in [-0.15, -0.1) is 0 Å². The van der Waals surface area contributed by atoms with Gasteiger partial charge in [0.1, 0.15) is 5.71 Å². The van der Waals surface area contributed by atoms with Crippen LogP contribution in [0, 0.1) is 13.8 Å². The average Bonchev–Trinajstić information content (AvgIpc) is 3.17. The molecule has 0 amide bonds. The molecule has 2 aliphatic heterocycles. The second-order valence-corrected chi connectivity index (χ2v) is 12.8. The Kier molecular flexibility index (Phi) is 6.14. The highest BCUT2D eigenvalue weighted by Crippen LogP contribution is 2.48. The molecule has 4 rings (SSSR count). The molecule has 0 radical (unpaired) electrons. The fourth-order valence-corrected chi connectivity index (χ4v) is 6.39. The summed E-state index contributed by atoms with van der Waals surface area (Å²) >= 11 is 0. The van der Waals surface area contributed by atoms with Crippen molar-refractivity contribution in [3.05, 3.63) is 74.2 Å². The van der Waals surface area contributed by atoms with E-state index in [4.69, 9.17) is 0 Å². The minimum absolute atomic E-state index is 0.0673. The lowest BCUT2D eigenvalue weighted by atomic mass is 9.77. The van der Waals surface area contributed by atoms with E-state index in [1.54, 1.807) is 0 Å². The van der Waals surface area contributed by atoms with Crippen molar-refractivity contribution in [1.82, 2.24) is 4.48 Å². The van der Waals surface area contributed by atoms with Crippen molar-refractivity contribution in [3.8, 4) is 0 Å². The molecule has 0 fully saturated rings. The lowest BCUT2D eigenvalue weighted by Gasteiger charge is -2.35. The van der Waals surface area contributed by atoms with Crippen LogP contribution in [-0.2, 0) is 17.3 Å². The van der Waals surface area contributed by atoms with Gasteiger partial charge in [-0.25, -0.2) is 0 Å². The SMILES string of the molecule is CCC1=C(C)C2=C(c3cc(C(C)(C)C)cc(C(C)(C)C)c3)c3c(C)c(CC)c(C)n3[B-](F)(F)[N+]2=C1C. The molecule has 1 aromatic heterocycles. The number of aromatic nitrogens is 1. The molecule has 2 nitrogen and oxygen atoms in total. The van der Waals surface area contributed by atoms with Gasteiger partial charge in [0.25, 0.3) is 0 Å². The highest BCUT2D eigenvalue weighted by molar-refractivity contribution is 6.58. The third-order valence-electron chi connectivity index (χ3n) is 8.45. The summed E-state index contributed by atoms with van der Waals surface area (Å²) in [6.07, 6.45) is 1.47. The molecule has 5 heteroatoms. The summed E-state index contributed by atoms with van der Waals surface area (Å²) in [5.41, 5.74) is 11.1. The van der Waals surface area contributed by atoms with Gasteiger partial charge in [-0.3, -0.25) is 0 Å². The van der Waals surface area contributed by atoms with Crippen molar-refractivity contribution in [2.45, 2.75) is 107 Å². The normalized spacial score (nSPS) is 17.8. The van der Waals surface area contributed by atoms with Gasteiger partial charge in [0.15, 0.2) is 5.70 Å². The molecule has 0 spiro atoms. The molecular weight excluding hydrogens is 449 g/mol. The predicted molar refractivity (Wildman–Crippen MR) is 150 cm³/mol. The molecule has 1 aromatic carbocycles. The van der Waals surface area contributed by atoms with E-state index in [1.165, 1.54) is 20.1 Å². The maximum atomic E-state index is 16.6. The highest BCUT2D eigenvalue weighted by Gasteiger charge is 2.56. The van der Waals surface area contributed by atoms with Crippen LogP contribution in [-0.4, -0.2) is 21.6 Å². The molecule has 194 valence electrons. The zero-order valence-electron chi connectivity index (χ0n) is 24.4. The van der Waals surface area contributed by atoms with Crippen LogP contribution in [0.4, 0.5) is 8.63 Å². The summed E-state index contributed by atoms with van der Waals surface area (Å²) in [4.78, 5) is 0. The van der Waals surface area contributed by atoms with E-state index in [0.717, 1.165) is 46.3 Å². The Labute approximate surface area is 216 Å². The molecular formula is C31H43BF2N2. The van der Waals surface area contributed by atoms with Crippen LogP contribution >= 0.6 is 0 Å². The minimum atomic E-state index is -4.01. The largest absolute Gasteiger partial charge is 0.737 e. The first-order valence-electron chi connectivity index (χ1n) is 13.5. The summed E-state index contributed by atoms with van der Waals surface area (Å²) < 4.78 is 35.9. The first-order valence-corrected chi connectivity index (χ1v) is 13.5. The molecule has 0 atom stereocenters. The van der Waals surface area contributed by atoms with E-state index in [2.05, 4.69) is 73.6 Å². The molecule has 0 unspecified atom stereocenters. The molecule has 0 N–H and O–H groups in total. The minimum Gasteiger partial charge on any atom is -0.393 e. The Morgan fingerprint density at radius 3 is 1.81 bits per heavy atom. The van der Waals surface area contributed by atoms with E-state index in [-0.39, 0.29) is 10.8 Å². The van der Waals surface area contributed by atoms with Crippen LogP contribution in [0.15, 0.2) is 35.0 Å².